The van der Waals surface area contributed by atoms with Gasteiger partial charge in [-0.1, -0.05) is 142 Å². The highest BCUT2D eigenvalue weighted by atomic mass is 16.6. The van der Waals surface area contributed by atoms with Crippen molar-refractivity contribution < 1.29 is 24.2 Å². The smallest absolute Gasteiger partial charge is 0.306 e. The first kappa shape index (κ1) is 34.9. The molecular formula is C31H60O5. The largest absolute Gasteiger partial charge is 0.462 e. The summed E-state index contributed by atoms with van der Waals surface area (Å²) in [6.07, 6.45) is 27.4. The Balaban J connectivity index is 3.50. The van der Waals surface area contributed by atoms with Crippen molar-refractivity contribution in [2.75, 3.05) is 13.2 Å². The number of rotatable bonds is 28. The standard InChI is InChI=1S/C31H60O5/c1-3-5-7-9-11-12-13-14-15-16-17-18-19-20-22-24-26-31(34)36-29(27-32)28-35-30(33)25-23-21-10-8-6-4-2/h29,32H,3-28H2,1-2H3. The van der Waals surface area contributed by atoms with E-state index < -0.39 is 6.10 Å². The Kier molecular flexibility index (Phi) is 27.6. The number of carbonyl (C=O) groups is 2. The lowest BCUT2D eigenvalue weighted by molar-refractivity contribution is -0.161. The lowest BCUT2D eigenvalue weighted by atomic mass is 10.0. The number of esters is 2. The van der Waals surface area contributed by atoms with E-state index in [-0.39, 0.29) is 25.2 Å². The van der Waals surface area contributed by atoms with Crippen LogP contribution in [0.3, 0.4) is 0 Å². The van der Waals surface area contributed by atoms with Crippen molar-refractivity contribution in [3.8, 4) is 0 Å². The second-order valence-corrected chi connectivity index (χ2v) is 10.5. The number of aliphatic hydroxyl groups is 1. The van der Waals surface area contributed by atoms with Crippen LogP contribution in [0.4, 0.5) is 0 Å². The van der Waals surface area contributed by atoms with Gasteiger partial charge in [-0.3, -0.25) is 9.59 Å². The van der Waals surface area contributed by atoms with Crippen molar-refractivity contribution in [2.45, 2.75) is 174 Å². The molecule has 214 valence electrons. The third-order valence-electron chi connectivity index (χ3n) is 6.90. The van der Waals surface area contributed by atoms with Gasteiger partial charge < -0.3 is 14.6 Å². The van der Waals surface area contributed by atoms with Gasteiger partial charge in [-0.05, 0) is 12.8 Å². The average molecular weight is 513 g/mol. The number of unbranched alkanes of at least 4 members (excludes halogenated alkanes) is 20. The Morgan fingerprint density at radius 1 is 0.528 bits per heavy atom. The van der Waals surface area contributed by atoms with E-state index in [4.69, 9.17) is 9.47 Å². The highest BCUT2D eigenvalue weighted by Crippen LogP contribution is 2.14. The predicted octanol–water partition coefficient (Wildman–Crippen LogP) is 8.84. The van der Waals surface area contributed by atoms with Gasteiger partial charge in [-0.2, -0.15) is 0 Å². The van der Waals surface area contributed by atoms with E-state index in [9.17, 15) is 14.7 Å². The Hall–Kier alpha value is -1.10. The molecule has 0 amide bonds. The van der Waals surface area contributed by atoms with E-state index in [1.807, 2.05) is 0 Å². The summed E-state index contributed by atoms with van der Waals surface area (Å²) in [5.74, 6) is -0.593. The lowest BCUT2D eigenvalue weighted by Crippen LogP contribution is -2.28. The molecule has 1 N–H and O–H groups in total. The molecular weight excluding hydrogens is 452 g/mol. The topological polar surface area (TPSA) is 72.8 Å². The van der Waals surface area contributed by atoms with Crippen molar-refractivity contribution in [1.82, 2.24) is 0 Å². The fourth-order valence-corrected chi connectivity index (χ4v) is 4.49. The maximum absolute atomic E-state index is 12.0. The van der Waals surface area contributed by atoms with Crippen molar-refractivity contribution >= 4 is 11.9 Å². The summed E-state index contributed by atoms with van der Waals surface area (Å²) in [4.78, 5) is 23.9. The maximum atomic E-state index is 12.0. The van der Waals surface area contributed by atoms with Crippen LogP contribution in [0.1, 0.15) is 168 Å². The first-order valence-corrected chi connectivity index (χ1v) is 15.6. The molecule has 0 aromatic rings. The summed E-state index contributed by atoms with van der Waals surface area (Å²) < 4.78 is 10.5. The fraction of sp³-hybridized carbons (Fsp3) is 0.935. The molecule has 5 nitrogen and oxygen atoms in total. The molecule has 0 aromatic heterocycles. The summed E-state index contributed by atoms with van der Waals surface area (Å²) >= 11 is 0. The third kappa shape index (κ3) is 26.0. The van der Waals surface area contributed by atoms with Gasteiger partial charge in [-0.15, -0.1) is 0 Å². The molecule has 0 saturated carbocycles. The Labute approximate surface area is 223 Å². The zero-order chi connectivity index (χ0) is 26.5. The minimum atomic E-state index is -0.757. The molecule has 0 rings (SSSR count). The van der Waals surface area contributed by atoms with Crippen LogP contribution in [-0.4, -0.2) is 36.4 Å². The molecule has 0 saturated heterocycles. The summed E-state index contributed by atoms with van der Waals surface area (Å²) in [6, 6.07) is 0. The van der Waals surface area contributed by atoms with Crippen LogP contribution >= 0.6 is 0 Å². The van der Waals surface area contributed by atoms with Gasteiger partial charge in [0.15, 0.2) is 6.10 Å². The number of hydrogen-bond acceptors (Lipinski definition) is 5. The molecule has 0 aliphatic carbocycles. The maximum Gasteiger partial charge on any atom is 0.306 e. The van der Waals surface area contributed by atoms with E-state index >= 15 is 0 Å². The van der Waals surface area contributed by atoms with Crippen LogP contribution in [0.25, 0.3) is 0 Å². The summed E-state index contributed by atoms with van der Waals surface area (Å²) in [5, 5.41) is 9.43. The van der Waals surface area contributed by atoms with Crippen molar-refractivity contribution in [3.05, 3.63) is 0 Å². The average Bonchev–Trinajstić information content (AvgIpc) is 2.88. The molecule has 1 atom stereocenters. The second kappa shape index (κ2) is 28.5. The predicted molar refractivity (Wildman–Crippen MR) is 150 cm³/mol. The third-order valence-corrected chi connectivity index (χ3v) is 6.90. The number of carbonyl (C=O) groups excluding carboxylic acids is 2. The normalized spacial score (nSPS) is 12.0. The van der Waals surface area contributed by atoms with Gasteiger partial charge in [0.2, 0.25) is 0 Å². The van der Waals surface area contributed by atoms with Gasteiger partial charge in [0, 0.05) is 12.8 Å². The quantitative estimate of drug-likeness (QED) is 0.0837. The van der Waals surface area contributed by atoms with Crippen LogP contribution in [0, 0.1) is 0 Å². The Morgan fingerprint density at radius 3 is 1.22 bits per heavy atom. The van der Waals surface area contributed by atoms with Crippen molar-refractivity contribution in [2.24, 2.45) is 0 Å². The van der Waals surface area contributed by atoms with E-state index in [2.05, 4.69) is 13.8 Å². The highest BCUT2D eigenvalue weighted by molar-refractivity contribution is 5.70. The fourth-order valence-electron chi connectivity index (χ4n) is 4.49. The van der Waals surface area contributed by atoms with Crippen LogP contribution in [0.5, 0.6) is 0 Å². The first-order valence-electron chi connectivity index (χ1n) is 15.6. The van der Waals surface area contributed by atoms with Gasteiger partial charge in [0.25, 0.3) is 0 Å². The second-order valence-electron chi connectivity index (χ2n) is 10.5. The molecule has 0 bridgehead atoms. The van der Waals surface area contributed by atoms with E-state index in [1.54, 1.807) is 0 Å². The highest BCUT2D eigenvalue weighted by Gasteiger charge is 2.16. The van der Waals surface area contributed by atoms with Crippen molar-refractivity contribution in [3.63, 3.8) is 0 Å². The van der Waals surface area contributed by atoms with E-state index in [0.29, 0.717) is 12.8 Å². The molecule has 0 heterocycles. The molecule has 0 aliphatic rings. The zero-order valence-electron chi connectivity index (χ0n) is 24.0. The minimum absolute atomic E-state index is 0.0597. The monoisotopic (exact) mass is 512 g/mol. The summed E-state index contributed by atoms with van der Waals surface area (Å²) in [6.45, 7) is 4.07. The van der Waals surface area contributed by atoms with Gasteiger partial charge >= 0.3 is 11.9 Å². The molecule has 0 fully saturated rings. The summed E-state index contributed by atoms with van der Waals surface area (Å²) in [7, 11) is 0. The lowest BCUT2D eigenvalue weighted by Gasteiger charge is -2.15. The van der Waals surface area contributed by atoms with Gasteiger partial charge in [0.05, 0.1) is 6.61 Å². The molecule has 1 unspecified atom stereocenters. The van der Waals surface area contributed by atoms with E-state index in [0.717, 1.165) is 38.5 Å². The van der Waals surface area contributed by atoms with Crippen LogP contribution in [0.2, 0.25) is 0 Å². The number of hydrogen-bond donors (Lipinski definition) is 1. The molecule has 0 spiro atoms. The zero-order valence-corrected chi connectivity index (χ0v) is 24.0. The Bertz CT molecular complexity index is 480. The van der Waals surface area contributed by atoms with Crippen LogP contribution < -0.4 is 0 Å². The summed E-state index contributed by atoms with van der Waals surface area (Å²) in [5.41, 5.74) is 0. The molecule has 36 heavy (non-hydrogen) atoms. The molecule has 0 radical (unpaired) electrons. The SMILES string of the molecule is CCCCCCCCCCCCCCCCCCC(=O)OC(CO)COC(=O)CCCCCCCC. The Morgan fingerprint density at radius 2 is 0.861 bits per heavy atom. The van der Waals surface area contributed by atoms with Gasteiger partial charge in [0.1, 0.15) is 6.61 Å². The van der Waals surface area contributed by atoms with Crippen LogP contribution in [0.15, 0.2) is 0 Å². The van der Waals surface area contributed by atoms with Gasteiger partial charge in [-0.25, -0.2) is 0 Å². The molecule has 0 aliphatic heterocycles. The van der Waals surface area contributed by atoms with Crippen molar-refractivity contribution in [1.29, 1.82) is 0 Å². The number of ether oxygens (including phenoxy) is 2. The molecule has 0 aromatic carbocycles. The van der Waals surface area contributed by atoms with Crippen LogP contribution in [-0.2, 0) is 19.1 Å². The number of aliphatic hydroxyl groups excluding tert-OH is 1. The molecule has 5 heteroatoms. The minimum Gasteiger partial charge on any atom is -0.462 e. The van der Waals surface area contributed by atoms with E-state index in [1.165, 1.54) is 103 Å². The first-order chi connectivity index (χ1) is 17.6.